The van der Waals surface area contributed by atoms with Gasteiger partial charge in [0.25, 0.3) is 0 Å². The molecule has 1 unspecified atom stereocenters. The summed E-state index contributed by atoms with van der Waals surface area (Å²) < 4.78 is 10.5. The molecule has 0 aliphatic carbocycles. The number of hydrogen-bond donors (Lipinski definition) is 1. The Morgan fingerprint density at radius 1 is 1.62 bits per heavy atom. The molecule has 1 aliphatic rings. The highest BCUT2D eigenvalue weighted by atomic mass is 32.1. The molecule has 5 heteroatoms. The van der Waals surface area contributed by atoms with Gasteiger partial charge in [-0.25, -0.2) is 4.79 Å². The van der Waals surface area contributed by atoms with Crippen molar-refractivity contribution in [2.24, 2.45) is 0 Å². The molecule has 88 valence electrons. The standard InChI is InChI=1S/C11H15NO3S/c1-14-11(13)10-9(4-6-16-10)15-8-3-2-5-12-7-8/h4,6,8,12H,2-3,5,7H2,1H3. The highest BCUT2D eigenvalue weighted by Gasteiger charge is 2.20. The van der Waals surface area contributed by atoms with Crippen molar-refractivity contribution in [3.63, 3.8) is 0 Å². The first-order valence-corrected chi connectivity index (χ1v) is 6.22. The van der Waals surface area contributed by atoms with E-state index in [0.29, 0.717) is 10.6 Å². The second kappa shape index (κ2) is 5.32. The van der Waals surface area contributed by atoms with Crippen molar-refractivity contribution in [2.75, 3.05) is 20.2 Å². The van der Waals surface area contributed by atoms with E-state index in [9.17, 15) is 4.79 Å². The smallest absolute Gasteiger partial charge is 0.351 e. The summed E-state index contributed by atoms with van der Waals surface area (Å²) in [5.41, 5.74) is 0. The van der Waals surface area contributed by atoms with Crippen molar-refractivity contribution in [3.8, 4) is 5.75 Å². The molecule has 0 spiro atoms. The molecule has 2 rings (SSSR count). The lowest BCUT2D eigenvalue weighted by Crippen LogP contribution is -2.37. The van der Waals surface area contributed by atoms with E-state index in [1.165, 1.54) is 18.4 Å². The average molecular weight is 241 g/mol. The van der Waals surface area contributed by atoms with Gasteiger partial charge in [0.05, 0.1) is 7.11 Å². The molecule has 0 aromatic carbocycles. The summed E-state index contributed by atoms with van der Waals surface area (Å²) in [6.07, 6.45) is 2.30. The molecule has 1 fully saturated rings. The fourth-order valence-electron chi connectivity index (χ4n) is 1.73. The van der Waals surface area contributed by atoms with E-state index in [1.54, 1.807) is 0 Å². The second-order valence-corrected chi connectivity index (χ2v) is 4.61. The van der Waals surface area contributed by atoms with Gasteiger partial charge < -0.3 is 14.8 Å². The third kappa shape index (κ3) is 2.54. The zero-order valence-corrected chi connectivity index (χ0v) is 10.0. The van der Waals surface area contributed by atoms with Crippen molar-refractivity contribution in [1.82, 2.24) is 5.32 Å². The lowest BCUT2D eigenvalue weighted by Gasteiger charge is -2.23. The maximum absolute atomic E-state index is 11.4. The van der Waals surface area contributed by atoms with Crippen molar-refractivity contribution >= 4 is 17.3 Å². The Morgan fingerprint density at radius 3 is 3.19 bits per heavy atom. The van der Waals surface area contributed by atoms with E-state index in [-0.39, 0.29) is 12.1 Å². The van der Waals surface area contributed by atoms with E-state index >= 15 is 0 Å². The van der Waals surface area contributed by atoms with Gasteiger partial charge >= 0.3 is 5.97 Å². The van der Waals surface area contributed by atoms with Gasteiger partial charge in [0.15, 0.2) is 4.88 Å². The van der Waals surface area contributed by atoms with E-state index < -0.39 is 0 Å². The van der Waals surface area contributed by atoms with Gasteiger partial charge in [-0.15, -0.1) is 11.3 Å². The molecule has 0 bridgehead atoms. The van der Waals surface area contributed by atoms with Crippen LogP contribution >= 0.6 is 11.3 Å². The van der Waals surface area contributed by atoms with E-state index in [0.717, 1.165) is 25.9 Å². The number of hydrogen-bond acceptors (Lipinski definition) is 5. The van der Waals surface area contributed by atoms with Crippen LogP contribution in [0.5, 0.6) is 5.75 Å². The molecular weight excluding hydrogens is 226 g/mol. The summed E-state index contributed by atoms with van der Waals surface area (Å²) in [6.45, 7) is 1.89. The highest BCUT2D eigenvalue weighted by Crippen LogP contribution is 2.27. The Morgan fingerprint density at radius 2 is 2.50 bits per heavy atom. The van der Waals surface area contributed by atoms with Crippen LogP contribution in [0.4, 0.5) is 0 Å². The first kappa shape index (κ1) is 11.4. The quantitative estimate of drug-likeness (QED) is 0.818. The van der Waals surface area contributed by atoms with Crippen LogP contribution in [0.25, 0.3) is 0 Å². The topological polar surface area (TPSA) is 47.6 Å². The number of carbonyl (C=O) groups is 1. The van der Waals surface area contributed by atoms with Gasteiger partial charge in [0.1, 0.15) is 11.9 Å². The van der Waals surface area contributed by atoms with Gasteiger partial charge in [-0.2, -0.15) is 0 Å². The number of methoxy groups -OCH3 is 1. The summed E-state index contributed by atoms with van der Waals surface area (Å²) in [5, 5.41) is 5.12. The molecule has 16 heavy (non-hydrogen) atoms. The van der Waals surface area contributed by atoms with Crippen LogP contribution in [0, 0.1) is 0 Å². The lowest BCUT2D eigenvalue weighted by atomic mass is 10.1. The summed E-state index contributed by atoms with van der Waals surface area (Å²) in [6, 6.07) is 1.82. The van der Waals surface area contributed by atoms with E-state index in [2.05, 4.69) is 5.32 Å². The van der Waals surface area contributed by atoms with Gasteiger partial charge in [0.2, 0.25) is 0 Å². The molecule has 0 amide bonds. The van der Waals surface area contributed by atoms with Crippen LogP contribution in [0.15, 0.2) is 11.4 Å². The predicted octanol–water partition coefficient (Wildman–Crippen LogP) is 1.67. The Balaban J connectivity index is 2.03. The van der Waals surface area contributed by atoms with Gasteiger partial charge in [-0.1, -0.05) is 0 Å². The summed E-state index contributed by atoms with van der Waals surface area (Å²) in [7, 11) is 1.38. The summed E-state index contributed by atoms with van der Waals surface area (Å²) >= 11 is 1.35. The van der Waals surface area contributed by atoms with E-state index in [4.69, 9.17) is 9.47 Å². The number of rotatable bonds is 3. The zero-order valence-electron chi connectivity index (χ0n) is 9.19. The van der Waals surface area contributed by atoms with Gasteiger partial charge in [0, 0.05) is 6.54 Å². The van der Waals surface area contributed by atoms with Crippen LogP contribution in [-0.2, 0) is 4.74 Å². The lowest BCUT2D eigenvalue weighted by molar-refractivity contribution is 0.0598. The Hall–Kier alpha value is -1.07. The second-order valence-electron chi connectivity index (χ2n) is 3.69. The summed E-state index contributed by atoms with van der Waals surface area (Å²) in [5.74, 6) is 0.319. The Kier molecular flexibility index (Phi) is 3.79. The molecule has 1 saturated heterocycles. The molecule has 0 saturated carbocycles. The minimum absolute atomic E-state index is 0.159. The number of carbonyl (C=O) groups excluding carboxylic acids is 1. The fourth-order valence-corrected chi connectivity index (χ4v) is 2.47. The van der Waals surface area contributed by atoms with E-state index in [1.807, 2.05) is 11.4 Å². The highest BCUT2D eigenvalue weighted by molar-refractivity contribution is 7.12. The van der Waals surface area contributed by atoms with Crippen molar-refractivity contribution < 1.29 is 14.3 Å². The van der Waals surface area contributed by atoms with Crippen molar-refractivity contribution in [2.45, 2.75) is 18.9 Å². The maximum atomic E-state index is 11.4. The monoisotopic (exact) mass is 241 g/mol. The molecule has 1 aromatic heterocycles. The number of thiophene rings is 1. The third-order valence-electron chi connectivity index (χ3n) is 2.55. The first-order valence-electron chi connectivity index (χ1n) is 5.34. The van der Waals surface area contributed by atoms with Crippen LogP contribution in [0.3, 0.4) is 0 Å². The van der Waals surface area contributed by atoms with Crippen LogP contribution in [0.1, 0.15) is 22.5 Å². The van der Waals surface area contributed by atoms with Crippen molar-refractivity contribution in [3.05, 3.63) is 16.3 Å². The largest absolute Gasteiger partial charge is 0.487 e. The molecule has 4 nitrogen and oxygen atoms in total. The number of ether oxygens (including phenoxy) is 2. The fraction of sp³-hybridized carbons (Fsp3) is 0.545. The summed E-state index contributed by atoms with van der Waals surface area (Å²) in [4.78, 5) is 12.0. The zero-order chi connectivity index (χ0) is 11.4. The normalized spacial score (nSPS) is 20.4. The number of esters is 1. The van der Waals surface area contributed by atoms with Crippen molar-refractivity contribution in [1.29, 1.82) is 0 Å². The van der Waals surface area contributed by atoms with Gasteiger partial charge in [-0.3, -0.25) is 0 Å². The molecule has 1 aliphatic heterocycles. The molecule has 0 radical (unpaired) electrons. The molecule has 1 atom stereocenters. The van der Waals surface area contributed by atoms with Crippen LogP contribution in [0.2, 0.25) is 0 Å². The number of nitrogens with one attached hydrogen (secondary N) is 1. The minimum Gasteiger partial charge on any atom is -0.487 e. The SMILES string of the molecule is COC(=O)c1sccc1OC1CCCNC1. The first-order chi connectivity index (χ1) is 7.81. The Bertz CT molecular complexity index is 358. The number of piperidine rings is 1. The molecule has 2 heterocycles. The molecule has 1 N–H and O–H groups in total. The maximum Gasteiger partial charge on any atom is 0.351 e. The predicted molar refractivity (Wildman–Crippen MR) is 62.2 cm³/mol. The average Bonchev–Trinajstić information content (AvgIpc) is 2.77. The third-order valence-corrected chi connectivity index (χ3v) is 3.42. The van der Waals surface area contributed by atoms with Crippen LogP contribution in [-0.4, -0.2) is 32.3 Å². The molecule has 1 aromatic rings. The van der Waals surface area contributed by atoms with Gasteiger partial charge in [-0.05, 0) is 30.8 Å². The van der Waals surface area contributed by atoms with Crippen LogP contribution < -0.4 is 10.1 Å². The Labute approximate surface area is 98.6 Å². The molecular formula is C11H15NO3S. The minimum atomic E-state index is -0.325.